The molecule has 0 fully saturated rings. The van der Waals surface area contributed by atoms with Crippen LogP contribution in [0.15, 0.2) is 24.3 Å². The summed E-state index contributed by atoms with van der Waals surface area (Å²) in [6, 6.07) is 5.27. The Morgan fingerprint density at radius 2 is 2.00 bits per heavy atom. The molecule has 1 rings (SSSR count). The van der Waals surface area contributed by atoms with Crippen LogP contribution < -0.4 is 5.32 Å². The Labute approximate surface area is 104 Å². The molecule has 1 unspecified atom stereocenters. The van der Waals surface area contributed by atoms with Crippen molar-refractivity contribution in [1.29, 1.82) is 0 Å². The molecule has 18 heavy (non-hydrogen) atoms. The highest BCUT2D eigenvalue weighted by Crippen LogP contribution is 2.27. The van der Waals surface area contributed by atoms with E-state index in [0.717, 1.165) is 6.42 Å². The molecule has 0 radical (unpaired) electrons. The minimum atomic E-state index is -4.18. The lowest BCUT2D eigenvalue weighted by Gasteiger charge is -2.19. The Balaban J connectivity index is 2.71. The van der Waals surface area contributed by atoms with Crippen molar-refractivity contribution in [1.82, 2.24) is 5.32 Å². The second-order valence-corrected chi connectivity index (χ2v) is 4.22. The lowest BCUT2D eigenvalue weighted by atomic mass is 10.0. The molecule has 1 nitrogen and oxygen atoms in total. The molecule has 0 aromatic heterocycles. The van der Waals surface area contributed by atoms with Crippen LogP contribution in [0.2, 0.25) is 0 Å². The third-order valence-corrected chi connectivity index (χ3v) is 2.61. The zero-order valence-corrected chi connectivity index (χ0v) is 10.2. The summed E-state index contributed by atoms with van der Waals surface area (Å²) in [5, 5.41) is 3.02. The van der Waals surface area contributed by atoms with Gasteiger partial charge < -0.3 is 5.32 Å². The van der Waals surface area contributed by atoms with Crippen molar-refractivity contribution < 1.29 is 17.6 Å². The molecule has 0 amide bonds. The van der Waals surface area contributed by atoms with E-state index in [4.69, 9.17) is 0 Å². The Kier molecular flexibility index (Phi) is 5.59. The lowest BCUT2D eigenvalue weighted by molar-refractivity contribution is -0.136. The van der Waals surface area contributed by atoms with E-state index in [1.165, 1.54) is 18.2 Å². The zero-order valence-electron chi connectivity index (χ0n) is 10.2. The van der Waals surface area contributed by atoms with Gasteiger partial charge in [0.05, 0.1) is 0 Å². The number of alkyl halides is 3. The quantitative estimate of drug-likeness (QED) is 0.758. The molecule has 0 aliphatic heterocycles. The van der Waals surface area contributed by atoms with Gasteiger partial charge in [-0.2, -0.15) is 13.2 Å². The first kappa shape index (κ1) is 15.0. The number of rotatable bonds is 6. The predicted molar refractivity (Wildman–Crippen MR) is 62.7 cm³/mol. The van der Waals surface area contributed by atoms with Gasteiger partial charge in [-0.05, 0) is 37.1 Å². The average molecular weight is 263 g/mol. The number of benzene rings is 1. The van der Waals surface area contributed by atoms with Gasteiger partial charge in [0.2, 0.25) is 0 Å². The molecule has 0 bridgehead atoms. The summed E-state index contributed by atoms with van der Waals surface area (Å²) >= 11 is 0. The standard InChI is InChI=1S/C13H17F4N/c1-2-8-18-12(6-7-13(15,16)17)10-4-3-5-11(14)9-10/h3-5,9,12,18H,2,6-8H2,1H3. The van der Waals surface area contributed by atoms with Gasteiger partial charge in [0.25, 0.3) is 0 Å². The van der Waals surface area contributed by atoms with Crippen LogP contribution in [0.5, 0.6) is 0 Å². The number of hydrogen-bond acceptors (Lipinski definition) is 1. The van der Waals surface area contributed by atoms with E-state index in [9.17, 15) is 17.6 Å². The van der Waals surface area contributed by atoms with Gasteiger partial charge in [-0.15, -0.1) is 0 Å². The number of hydrogen-bond donors (Lipinski definition) is 1. The summed E-state index contributed by atoms with van der Waals surface area (Å²) in [6.07, 6.45) is -4.31. The van der Waals surface area contributed by atoms with Gasteiger partial charge in [0, 0.05) is 12.5 Å². The fraction of sp³-hybridized carbons (Fsp3) is 0.538. The average Bonchev–Trinajstić information content (AvgIpc) is 2.28. The molecular formula is C13H17F4N. The van der Waals surface area contributed by atoms with E-state index >= 15 is 0 Å². The molecule has 0 heterocycles. The predicted octanol–water partition coefficient (Wildman–Crippen LogP) is 4.21. The summed E-state index contributed by atoms with van der Waals surface area (Å²) in [5.74, 6) is -0.428. The van der Waals surface area contributed by atoms with E-state index in [1.54, 1.807) is 6.07 Å². The van der Waals surface area contributed by atoms with Crippen molar-refractivity contribution >= 4 is 0 Å². The first-order chi connectivity index (χ1) is 8.42. The largest absolute Gasteiger partial charge is 0.389 e. The van der Waals surface area contributed by atoms with E-state index in [2.05, 4.69) is 5.32 Å². The Bertz CT molecular complexity index is 362. The SMILES string of the molecule is CCCNC(CCC(F)(F)F)c1cccc(F)c1. The van der Waals surface area contributed by atoms with Gasteiger partial charge in [0.1, 0.15) is 5.82 Å². The summed E-state index contributed by atoms with van der Waals surface area (Å²) in [6.45, 7) is 2.54. The van der Waals surface area contributed by atoms with Gasteiger partial charge in [-0.1, -0.05) is 19.1 Å². The molecule has 1 N–H and O–H groups in total. The third-order valence-electron chi connectivity index (χ3n) is 2.61. The van der Waals surface area contributed by atoms with Crippen molar-refractivity contribution in [3.63, 3.8) is 0 Å². The van der Waals surface area contributed by atoms with E-state index < -0.39 is 24.5 Å². The zero-order chi connectivity index (χ0) is 13.6. The highest BCUT2D eigenvalue weighted by Gasteiger charge is 2.28. The van der Waals surface area contributed by atoms with Crippen molar-refractivity contribution in [3.8, 4) is 0 Å². The number of nitrogens with one attached hydrogen (secondary N) is 1. The molecular weight excluding hydrogens is 246 g/mol. The van der Waals surface area contributed by atoms with Crippen molar-refractivity contribution in [2.45, 2.75) is 38.4 Å². The molecule has 0 aliphatic rings. The molecule has 102 valence electrons. The van der Waals surface area contributed by atoms with Gasteiger partial charge in [0.15, 0.2) is 0 Å². The summed E-state index contributed by atoms with van der Waals surface area (Å²) in [5.41, 5.74) is 0.563. The maximum absolute atomic E-state index is 13.1. The Morgan fingerprint density at radius 1 is 1.28 bits per heavy atom. The maximum atomic E-state index is 13.1. The lowest BCUT2D eigenvalue weighted by Crippen LogP contribution is -2.24. The fourth-order valence-electron chi connectivity index (χ4n) is 1.74. The second kappa shape index (κ2) is 6.73. The summed E-state index contributed by atoms with van der Waals surface area (Å²) in [4.78, 5) is 0. The van der Waals surface area contributed by atoms with Gasteiger partial charge in [-0.25, -0.2) is 4.39 Å². The van der Waals surface area contributed by atoms with Crippen LogP contribution in [-0.2, 0) is 0 Å². The van der Waals surface area contributed by atoms with Crippen molar-refractivity contribution in [2.24, 2.45) is 0 Å². The number of halogens is 4. The molecule has 5 heteroatoms. The van der Waals surface area contributed by atoms with Crippen LogP contribution in [0, 0.1) is 5.82 Å². The Morgan fingerprint density at radius 3 is 2.56 bits per heavy atom. The first-order valence-corrected chi connectivity index (χ1v) is 5.98. The van der Waals surface area contributed by atoms with Crippen LogP contribution in [-0.4, -0.2) is 12.7 Å². The monoisotopic (exact) mass is 263 g/mol. The highest BCUT2D eigenvalue weighted by molar-refractivity contribution is 5.20. The molecule has 0 saturated carbocycles. The smallest absolute Gasteiger partial charge is 0.310 e. The van der Waals surface area contributed by atoms with Crippen LogP contribution in [0.3, 0.4) is 0 Å². The molecule has 0 spiro atoms. The third kappa shape index (κ3) is 5.49. The summed E-state index contributed by atoms with van der Waals surface area (Å²) < 4.78 is 49.8. The highest BCUT2D eigenvalue weighted by atomic mass is 19.4. The van der Waals surface area contributed by atoms with E-state index in [-0.39, 0.29) is 6.42 Å². The minimum Gasteiger partial charge on any atom is -0.310 e. The maximum Gasteiger partial charge on any atom is 0.389 e. The molecule has 1 atom stereocenters. The molecule has 1 aromatic rings. The fourth-order valence-corrected chi connectivity index (χ4v) is 1.74. The molecule has 0 aliphatic carbocycles. The topological polar surface area (TPSA) is 12.0 Å². The van der Waals surface area contributed by atoms with Crippen LogP contribution >= 0.6 is 0 Å². The van der Waals surface area contributed by atoms with Crippen LogP contribution in [0.25, 0.3) is 0 Å². The van der Waals surface area contributed by atoms with Gasteiger partial charge in [-0.3, -0.25) is 0 Å². The van der Waals surface area contributed by atoms with Crippen LogP contribution in [0.4, 0.5) is 17.6 Å². The van der Waals surface area contributed by atoms with Crippen molar-refractivity contribution in [2.75, 3.05) is 6.54 Å². The van der Waals surface area contributed by atoms with Crippen LogP contribution in [0.1, 0.15) is 37.8 Å². The van der Waals surface area contributed by atoms with E-state index in [1.807, 2.05) is 6.92 Å². The molecule has 0 saturated heterocycles. The minimum absolute atomic E-state index is 0.0764. The molecule has 1 aromatic carbocycles. The summed E-state index contributed by atoms with van der Waals surface area (Å²) in [7, 11) is 0. The van der Waals surface area contributed by atoms with Gasteiger partial charge >= 0.3 is 6.18 Å². The second-order valence-electron chi connectivity index (χ2n) is 4.22. The Hall–Kier alpha value is -1.10. The first-order valence-electron chi connectivity index (χ1n) is 5.98. The normalized spacial score (nSPS) is 13.6. The van der Waals surface area contributed by atoms with Crippen molar-refractivity contribution in [3.05, 3.63) is 35.6 Å². The van der Waals surface area contributed by atoms with E-state index in [0.29, 0.717) is 12.1 Å².